The summed E-state index contributed by atoms with van der Waals surface area (Å²) in [7, 11) is 0. The summed E-state index contributed by atoms with van der Waals surface area (Å²) in [6.45, 7) is 0.310. The Morgan fingerprint density at radius 2 is 1.61 bits per heavy atom. The number of carbonyl (C=O) groups is 2. The molecule has 8 nitrogen and oxygen atoms in total. The zero-order valence-corrected chi connectivity index (χ0v) is 19.3. The Morgan fingerprint density at radius 1 is 0.944 bits per heavy atom. The number of carboxylic acids is 1. The quantitative estimate of drug-likeness (QED) is 0.254. The maximum Gasteiger partial charge on any atom is 0.407 e. The van der Waals surface area contributed by atoms with Gasteiger partial charge in [0, 0.05) is 23.4 Å². The first kappa shape index (κ1) is 23.6. The lowest BCUT2D eigenvalue weighted by Crippen LogP contribution is -2.30. The summed E-state index contributed by atoms with van der Waals surface area (Å²) in [6, 6.07) is 22.6. The van der Waals surface area contributed by atoms with Crippen molar-refractivity contribution in [2.24, 2.45) is 0 Å². The predicted octanol–water partition coefficient (Wildman–Crippen LogP) is 4.19. The number of amides is 1. The van der Waals surface area contributed by atoms with Crippen LogP contribution in [0.4, 0.5) is 4.79 Å². The fraction of sp³-hybridized carbons (Fsp3) is 0.214. The molecule has 8 heteroatoms. The van der Waals surface area contributed by atoms with E-state index in [1.807, 2.05) is 36.4 Å². The topological polar surface area (TPSA) is 132 Å². The van der Waals surface area contributed by atoms with Gasteiger partial charge in [0.15, 0.2) is 0 Å². The number of fused-ring (bicyclic) bond motifs is 4. The first-order chi connectivity index (χ1) is 17.4. The second kappa shape index (κ2) is 9.85. The number of aliphatic hydroxyl groups excluding tert-OH is 2. The maximum atomic E-state index is 12.3. The van der Waals surface area contributed by atoms with E-state index < -0.39 is 24.3 Å². The zero-order valence-electron chi connectivity index (χ0n) is 19.3. The van der Waals surface area contributed by atoms with Gasteiger partial charge in [0.1, 0.15) is 18.4 Å². The van der Waals surface area contributed by atoms with Gasteiger partial charge in [0.05, 0.1) is 6.10 Å². The lowest BCUT2D eigenvalue weighted by molar-refractivity contribution is 0.0137. The summed E-state index contributed by atoms with van der Waals surface area (Å²) in [5, 5.41) is 33.3. The van der Waals surface area contributed by atoms with Crippen molar-refractivity contribution in [2.45, 2.75) is 24.5 Å². The number of carbonyl (C=O) groups excluding carboxylic acids is 1. The fourth-order valence-corrected chi connectivity index (χ4v) is 4.80. The van der Waals surface area contributed by atoms with Gasteiger partial charge in [-0.05, 0) is 52.4 Å². The molecule has 4 aromatic rings. The molecule has 0 aliphatic heterocycles. The SMILES string of the molecule is O=C(NCCC(O)C(O)c1ccc2[nH]c(C(=O)O)cc2c1)OCC1c2ccccc2-c2ccccc21. The number of alkyl carbamates (subject to hydrolysis) is 1. The summed E-state index contributed by atoms with van der Waals surface area (Å²) >= 11 is 0. The highest BCUT2D eigenvalue weighted by molar-refractivity contribution is 5.93. The zero-order chi connectivity index (χ0) is 25.2. The smallest absolute Gasteiger partial charge is 0.407 e. The van der Waals surface area contributed by atoms with Crippen LogP contribution >= 0.6 is 0 Å². The normalized spacial score (nSPS) is 14.2. The predicted molar refractivity (Wildman–Crippen MR) is 134 cm³/mol. The molecule has 1 aromatic heterocycles. The first-order valence-corrected chi connectivity index (χ1v) is 11.7. The number of H-pyrrole nitrogens is 1. The Balaban J connectivity index is 1.13. The second-order valence-corrected chi connectivity index (χ2v) is 8.89. The van der Waals surface area contributed by atoms with Crippen molar-refractivity contribution in [1.82, 2.24) is 10.3 Å². The van der Waals surface area contributed by atoms with E-state index in [1.54, 1.807) is 18.2 Å². The van der Waals surface area contributed by atoms with E-state index in [1.165, 1.54) is 6.07 Å². The molecule has 3 aromatic carbocycles. The van der Waals surface area contributed by atoms with Crippen LogP contribution in [0.25, 0.3) is 22.0 Å². The number of aromatic amines is 1. The number of aliphatic hydroxyl groups is 2. The molecular formula is C28H26N2O6. The molecule has 0 radical (unpaired) electrons. The van der Waals surface area contributed by atoms with Crippen LogP contribution in [0.5, 0.6) is 0 Å². The molecule has 1 heterocycles. The summed E-state index contributed by atoms with van der Waals surface area (Å²) < 4.78 is 5.49. The number of nitrogens with one attached hydrogen (secondary N) is 2. The third-order valence-corrected chi connectivity index (χ3v) is 6.63. The largest absolute Gasteiger partial charge is 0.477 e. The van der Waals surface area contributed by atoms with E-state index in [-0.39, 0.29) is 31.2 Å². The van der Waals surface area contributed by atoms with Gasteiger partial charge >= 0.3 is 12.1 Å². The number of benzene rings is 3. The number of rotatable bonds is 8. The van der Waals surface area contributed by atoms with E-state index in [4.69, 9.17) is 9.84 Å². The average Bonchev–Trinajstić information content (AvgIpc) is 3.46. The highest BCUT2D eigenvalue weighted by Crippen LogP contribution is 2.44. The first-order valence-electron chi connectivity index (χ1n) is 11.7. The van der Waals surface area contributed by atoms with Crippen molar-refractivity contribution >= 4 is 23.0 Å². The Hall–Kier alpha value is -4.14. The fourth-order valence-electron chi connectivity index (χ4n) is 4.80. The molecule has 0 spiro atoms. The molecule has 5 rings (SSSR count). The van der Waals surface area contributed by atoms with Crippen molar-refractivity contribution < 1.29 is 29.6 Å². The van der Waals surface area contributed by atoms with E-state index >= 15 is 0 Å². The molecule has 0 saturated carbocycles. The molecule has 0 saturated heterocycles. The molecule has 0 bridgehead atoms. The van der Waals surface area contributed by atoms with E-state index in [0.717, 1.165) is 22.3 Å². The molecule has 1 aliphatic carbocycles. The Kier molecular flexibility index (Phi) is 6.45. The Bertz CT molecular complexity index is 1380. The van der Waals surface area contributed by atoms with Gasteiger partial charge in [-0.2, -0.15) is 0 Å². The van der Waals surface area contributed by atoms with Gasteiger partial charge in [0.2, 0.25) is 0 Å². The van der Waals surface area contributed by atoms with Crippen LogP contribution < -0.4 is 5.32 Å². The van der Waals surface area contributed by atoms with Gasteiger partial charge in [-0.15, -0.1) is 0 Å². The molecule has 184 valence electrons. The summed E-state index contributed by atoms with van der Waals surface area (Å²) in [4.78, 5) is 26.2. The van der Waals surface area contributed by atoms with Crippen LogP contribution in [-0.2, 0) is 4.74 Å². The highest BCUT2D eigenvalue weighted by Gasteiger charge is 2.29. The number of hydrogen-bond donors (Lipinski definition) is 5. The lowest BCUT2D eigenvalue weighted by atomic mass is 9.98. The average molecular weight is 487 g/mol. The van der Waals surface area contributed by atoms with Gasteiger partial charge in [-0.1, -0.05) is 54.6 Å². The second-order valence-electron chi connectivity index (χ2n) is 8.89. The molecule has 1 aliphatic rings. The van der Waals surface area contributed by atoms with Gasteiger partial charge in [-0.25, -0.2) is 9.59 Å². The van der Waals surface area contributed by atoms with Crippen LogP contribution in [0.3, 0.4) is 0 Å². The van der Waals surface area contributed by atoms with Crippen molar-refractivity contribution in [2.75, 3.05) is 13.2 Å². The standard InChI is InChI=1S/C28H26N2O6/c31-25(26(32)16-9-10-23-17(13-16)14-24(30-23)27(33)34)11-12-29-28(35)36-15-22-20-7-3-1-5-18(20)19-6-2-4-8-21(19)22/h1-10,13-14,22,25-26,30-32H,11-12,15H2,(H,29,35)(H,33,34). The third-order valence-electron chi connectivity index (χ3n) is 6.63. The molecule has 2 atom stereocenters. The van der Waals surface area contributed by atoms with E-state index in [0.29, 0.717) is 16.5 Å². The van der Waals surface area contributed by atoms with E-state index in [2.05, 4.69) is 22.4 Å². The Labute approximate surface area is 207 Å². The molecule has 5 N–H and O–H groups in total. The van der Waals surface area contributed by atoms with Gasteiger partial charge in [-0.3, -0.25) is 0 Å². The summed E-state index contributed by atoms with van der Waals surface area (Å²) in [5.74, 6) is -1.12. The monoisotopic (exact) mass is 486 g/mol. The number of aromatic nitrogens is 1. The minimum Gasteiger partial charge on any atom is -0.477 e. The van der Waals surface area contributed by atoms with Crippen LogP contribution in [0.1, 0.15) is 45.6 Å². The number of ether oxygens (including phenoxy) is 1. The molecular weight excluding hydrogens is 460 g/mol. The molecule has 0 fully saturated rings. The highest BCUT2D eigenvalue weighted by atomic mass is 16.5. The summed E-state index contributed by atoms with van der Waals surface area (Å²) in [5.41, 5.74) is 5.67. The van der Waals surface area contributed by atoms with Crippen LogP contribution in [-0.4, -0.2) is 51.6 Å². The molecule has 2 unspecified atom stereocenters. The number of hydrogen-bond acceptors (Lipinski definition) is 5. The van der Waals surface area contributed by atoms with Crippen molar-refractivity contribution in [3.05, 3.63) is 95.2 Å². The minimum atomic E-state index is -1.19. The third kappa shape index (κ3) is 4.56. The number of aromatic carboxylic acids is 1. The van der Waals surface area contributed by atoms with Gasteiger partial charge < -0.3 is 30.4 Å². The molecule has 1 amide bonds. The minimum absolute atomic E-state index is 0.0412. The van der Waals surface area contributed by atoms with Crippen molar-refractivity contribution in [3.8, 4) is 11.1 Å². The maximum absolute atomic E-state index is 12.3. The molecule has 36 heavy (non-hydrogen) atoms. The summed E-state index contributed by atoms with van der Waals surface area (Å²) in [6.07, 6.45) is -2.80. The number of carboxylic acid groups (broad SMARTS) is 1. The van der Waals surface area contributed by atoms with E-state index in [9.17, 15) is 19.8 Å². The lowest BCUT2D eigenvalue weighted by Gasteiger charge is -2.19. The van der Waals surface area contributed by atoms with Crippen LogP contribution in [0, 0.1) is 0 Å². The Morgan fingerprint density at radius 3 is 2.28 bits per heavy atom. The van der Waals surface area contributed by atoms with Crippen LogP contribution in [0.15, 0.2) is 72.8 Å². The van der Waals surface area contributed by atoms with Gasteiger partial charge in [0.25, 0.3) is 0 Å². The van der Waals surface area contributed by atoms with Crippen molar-refractivity contribution in [3.63, 3.8) is 0 Å². The van der Waals surface area contributed by atoms with Crippen LogP contribution in [0.2, 0.25) is 0 Å². The van der Waals surface area contributed by atoms with Crippen molar-refractivity contribution in [1.29, 1.82) is 0 Å².